The summed E-state index contributed by atoms with van der Waals surface area (Å²) >= 11 is 0. The van der Waals surface area contributed by atoms with E-state index in [4.69, 9.17) is 5.73 Å². The van der Waals surface area contributed by atoms with Gasteiger partial charge in [0.15, 0.2) is 0 Å². The second kappa shape index (κ2) is 6.86. The van der Waals surface area contributed by atoms with Gasteiger partial charge in [0.05, 0.1) is 0 Å². The lowest BCUT2D eigenvalue weighted by Gasteiger charge is -2.35. The van der Waals surface area contributed by atoms with Crippen molar-refractivity contribution in [2.45, 2.75) is 26.7 Å². The number of piperidine rings is 1. The Labute approximate surface area is 98.8 Å². The lowest BCUT2D eigenvalue weighted by molar-refractivity contribution is -0.129. The molecule has 16 heavy (non-hydrogen) atoms. The number of amides is 1. The number of nitrogens with zero attached hydrogens (tertiary/aromatic N) is 2. The highest BCUT2D eigenvalue weighted by Crippen LogP contribution is 2.17. The quantitative estimate of drug-likeness (QED) is 0.745. The van der Waals surface area contributed by atoms with E-state index in [1.807, 2.05) is 11.8 Å². The summed E-state index contributed by atoms with van der Waals surface area (Å²) in [7, 11) is 0. The first-order valence-electron chi connectivity index (χ1n) is 6.35. The Morgan fingerprint density at radius 2 is 2.31 bits per heavy atom. The minimum absolute atomic E-state index is 0.193. The molecule has 0 saturated carbocycles. The fourth-order valence-electron chi connectivity index (χ4n) is 2.48. The standard InChI is InChI=1S/C12H25N3O/c1-3-15(11(2)16)10-12-5-4-7-14(9-12)8-6-13/h12H,3-10,13H2,1-2H3. The molecule has 1 aliphatic rings. The highest BCUT2D eigenvalue weighted by molar-refractivity contribution is 5.73. The minimum Gasteiger partial charge on any atom is -0.343 e. The van der Waals surface area contributed by atoms with Crippen LogP contribution in [0.4, 0.5) is 0 Å². The molecule has 0 bridgehead atoms. The van der Waals surface area contributed by atoms with E-state index < -0.39 is 0 Å². The summed E-state index contributed by atoms with van der Waals surface area (Å²) in [5.41, 5.74) is 5.57. The van der Waals surface area contributed by atoms with E-state index in [1.165, 1.54) is 19.4 Å². The molecule has 1 aliphatic heterocycles. The van der Waals surface area contributed by atoms with Crippen LogP contribution in [0.5, 0.6) is 0 Å². The van der Waals surface area contributed by atoms with E-state index in [0.29, 0.717) is 5.92 Å². The smallest absolute Gasteiger partial charge is 0.219 e. The molecule has 1 fully saturated rings. The van der Waals surface area contributed by atoms with E-state index in [0.717, 1.165) is 32.7 Å². The van der Waals surface area contributed by atoms with Crippen molar-refractivity contribution in [3.8, 4) is 0 Å². The third kappa shape index (κ3) is 4.10. The molecule has 1 rings (SSSR count). The van der Waals surface area contributed by atoms with Crippen molar-refractivity contribution < 1.29 is 4.79 Å². The Morgan fingerprint density at radius 3 is 2.88 bits per heavy atom. The Morgan fingerprint density at radius 1 is 1.56 bits per heavy atom. The molecule has 0 aromatic carbocycles. The highest BCUT2D eigenvalue weighted by Gasteiger charge is 2.21. The van der Waals surface area contributed by atoms with E-state index >= 15 is 0 Å². The van der Waals surface area contributed by atoms with Gasteiger partial charge in [0, 0.05) is 39.6 Å². The summed E-state index contributed by atoms with van der Waals surface area (Å²) in [5.74, 6) is 0.822. The molecule has 1 heterocycles. The van der Waals surface area contributed by atoms with Gasteiger partial charge in [-0.1, -0.05) is 0 Å². The summed E-state index contributed by atoms with van der Waals surface area (Å²) in [4.78, 5) is 15.7. The van der Waals surface area contributed by atoms with Crippen molar-refractivity contribution in [2.75, 3.05) is 39.3 Å². The van der Waals surface area contributed by atoms with Gasteiger partial charge in [-0.15, -0.1) is 0 Å². The van der Waals surface area contributed by atoms with Gasteiger partial charge in [-0.25, -0.2) is 0 Å². The number of carbonyl (C=O) groups excluding carboxylic acids is 1. The van der Waals surface area contributed by atoms with Gasteiger partial charge in [0.1, 0.15) is 0 Å². The zero-order valence-electron chi connectivity index (χ0n) is 10.6. The predicted octanol–water partition coefficient (Wildman–Crippen LogP) is 0.526. The molecule has 1 amide bonds. The van der Waals surface area contributed by atoms with Gasteiger partial charge >= 0.3 is 0 Å². The van der Waals surface area contributed by atoms with E-state index in [1.54, 1.807) is 6.92 Å². The van der Waals surface area contributed by atoms with Gasteiger partial charge in [0.2, 0.25) is 5.91 Å². The maximum atomic E-state index is 11.3. The molecule has 1 saturated heterocycles. The van der Waals surface area contributed by atoms with Crippen LogP contribution in [0, 0.1) is 5.92 Å². The summed E-state index contributed by atoms with van der Waals surface area (Å²) in [6.45, 7) is 9.42. The summed E-state index contributed by atoms with van der Waals surface area (Å²) in [6.07, 6.45) is 2.48. The van der Waals surface area contributed by atoms with Crippen LogP contribution in [0.25, 0.3) is 0 Å². The summed E-state index contributed by atoms with van der Waals surface area (Å²) in [5, 5.41) is 0. The van der Waals surface area contributed by atoms with Gasteiger partial charge in [-0.2, -0.15) is 0 Å². The fraction of sp³-hybridized carbons (Fsp3) is 0.917. The maximum absolute atomic E-state index is 11.3. The predicted molar refractivity (Wildman–Crippen MR) is 66.1 cm³/mol. The third-order valence-electron chi connectivity index (χ3n) is 3.35. The molecular formula is C12H25N3O. The van der Waals surface area contributed by atoms with E-state index in [-0.39, 0.29) is 5.91 Å². The lowest BCUT2D eigenvalue weighted by atomic mass is 9.97. The van der Waals surface area contributed by atoms with E-state index in [9.17, 15) is 4.79 Å². The Balaban J connectivity index is 2.38. The van der Waals surface area contributed by atoms with Crippen molar-refractivity contribution in [2.24, 2.45) is 11.7 Å². The molecule has 0 radical (unpaired) electrons. The van der Waals surface area contributed by atoms with Crippen LogP contribution in [0.3, 0.4) is 0 Å². The fourth-order valence-corrected chi connectivity index (χ4v) is 2.48. The van der Waals surface area contributed by atoms with Gasteiger partial charge in [-0.3, -0.25) is 4.79 Å². The Kier molecular flexibility index (Phi) is 5.77. The van der Waals surface area contributed by atoms with Crippen molar-refractivity contribution in [1.29, 1.82) is 0 Å². The van der Waals surface area contributed by atoms with Gasteiger partial charge < -0.3 is 15.5 Å². The van der Waals surface area contributed by atoms with Crippen LogP contribution in [0.2, 0.25) is 0 Å². The first-order valence-corrected chi connectivity index (χ1v) is 6.35. The zero-order chi connectivity index (χ0) is 12.0. The number of rotatable bonds is 5. The maximum Gasteiger partial charge on any atom is 0.219 e. The van der Waals surface area contributed by atoms with Crippen molar-refractivity contribution >= 4 is 5.91 Å². The molecular weight excluding hydrogens is 202 g/mol. The largest absolute Gasteiger partial charge is 0.343 e. The average Bonchev–Trinajstić information content (AvgIpc) is 2.26. The topological polar surface area (TPSA) is 49.6 Å². The first-order chi connectivity index (χ1) is 7.67. The highest BCUT2D eigenvalue weighted by atomic mass is 16.2. The number of likely N-dealkylation sites (tertiary alicyclic amines) is 1. The lowest BCUT2D eigenvalue weighted by Crippen LogP contribution is -2.43. The molecule has 0 spiro atoms. The second-order valence-electron chi connectivity index (χ2n) is 4.66. The van der Waals surface area contributed by atoms with Crippen molar-refractivity contribution in [3.05, 3.63) is 0 Å². The van der Waals surface area contributed by atoms with Crippen LogP contribution in [-0.2, 0) is 4.79 Å². The number of hydrogen-bond acceptors (Lipinski definition) is 3. The van der Waals surface area contributed by atoms with Crippen LogP contribution >= 0.6 is 0 Å². The summed E-state index contributed by atoms with van der Waals surface area (Å²) < 4.78 is 0. The SMILES string of the molecule is CCN(CC1CCCN(CCN)C1)C(C)=O. The molecule has 4 nitrogen and oxygen atoms in total. The van der Waals surface area contributed by atoms with E-state index in [2.05, 4.69) is 4.90 Å². The second-order valence-corrected chi connectivity index (χ2v) is 4.66. The molecule has 94 valence electrons. The molecule has 4 heteroatoms. The summed E-state index contributed by atoms with van der Waals surface area (Å²) in [6, 6.07) is 0. The molecule has 1 atom stereocenters. The molecule has 2 N–H and O–H groups in total. The number of hydrogen-bond donors (Lipinski definition) is 1. The molecule has 0 aromatic rings. The van der Waals surface area contributed by atoms with Crippen molar-refractivity contribution in [3.63, 3.8) is 0 Å². The third-order valence-corrected chi connectivity index (χ3v) is 3.35. The monoisotopic (exact) mass is 227 g/mol. The van der Waals surface area contributed by atoms with Crippen LogP contribution in [-0.4, -0.2) is 55.0 Å². The number of nitrogens with two attached hydrogens (primary N) is 1. The minimum atomic E-state index is 0.193. The van der Waals surface area contributed by atoms with Gasteiger partial charge in [0.25, 0.3) is 0 Å². The molecule has 1 unspecified atom stereocenters. The molecule has 0 aromatic heterocycles. The van der Waals surface area contributed by atoms with Crippen LogP contribution in [0.1, 0.15) is 26.7 Å². The van der Waals surface area contributed by atoms with Crippen LogP contribution < -0.4 is 5.73 Å². The normalized spacial score (nSPS) is 22.1. The van der Waals surface area contributed by atoms with Gasteiger partial charge in [-0.05, 0) is 32.2 Å². The first kappa shape index (κ1) is 13.5. The zero-order valence-corrected chi connectivity index (χ0v) is 10.6. The Bertz CT molecular complexity index is 218. The molecule has 0 aliphatic carbocycles. The van der Waals surface area contributed by atoms with Crippen LogP contribution in [0.15, 0.2) is 0 Å². The van der Waals surface area contributed by atoms with Crippen molar-refractivity contribution in [1.82, 2.24) is 9.80 Å². The Hall–Kier alpha value is -0.610. The number of carbonyl (C=O) groups is 1. The average molecular weight is 227 g/mol.